The van der Waals surface area contributed by atoms with E-state index in [2.05, 4.69) is 27.4 Å². The van der Waals surface area contributed by atoms with Crippen molar-refractivity contribution in [1.29, 1.82) is 0 Å². The van der Waals surface area contributed by atoms with E-state index in [0.717, 1.165) is 18.4 Å². The van der Waals surface area contributed by atoms with E-state index < -0.39 is 105 Å². The van der Waals surface area contributed by atoms with Gasteiger partial charge in [0.25, 0.3) is 5.92 Å². The maximum Gasteiger partial charge on any atom is 0.435 e. The number of sulfone groups is 1. The van der Waals surface area contributed by atoms with Gasteiger partial charge in [-0.15, -0.1) is 0 Å². The number of hydrogen-bond acceptors (Lipinski definition) is 6. The predicted octanol–water partition coefficient (Wildman–Crippen LogP) is 9.48. The van der Waals surface area contributed by atoms with E-state index >= 15 is 8.78 Å². The van der Waals surface area contributed by atoms with Crippen LogP contribution in [0.1, 0.15) is 95.8 Å². The number of nitrogens with zero attached hydrogens (tertiary/aromatic N) is 5. The predicted molar refractivity (Wildman–Crippen MR) is 214 cm³/mol. The van der Waals surface area contributed by atoms with Gasteiger partial charge in [0, 0.05) is 40.3 Å². The van der Waals surface area contributed by atoms with E-state index in [9.17, 15) is 48.3 Å². The van der Waals surface area contributed by atoms with Crippen molar-refractivity contribution in [2.45, 2.75) is 107 Å². The Morgan fingerprint density at radius 3 is 2.28 bits per heavy atom. The normalized spacial score (nSPS) is 18.5. The minimum Gasteiger partial charge on any atom is -0.346 e. The van der Waals surface area contributed by atoms with E-state index in [1.165, 1.54) is 32.9 Å². The third-order valence-corrected chi connectivity index (χ3v) is 14.6. The molecule has 0 spiro atoms. The molecule has 0 aliphatic heterocycles. The van der Waals surface area contributed by atoms with Gasteiger partial charge in [-0.2, -0.15) is 45.3 Å². The molecule has 1 amide bonds. The summed E-state index contributed by atoms with van der Waals surface area (Å²) in [6.45, 7) is 1.41. The first-order valence-corrected chi connectivity index (χ1v) is 22.2. The number of nitrogens with one attached hydrogen (secondary N) is 1. The number of aryl methyl sites for hydroxylation is 1. The van der Waals surface area contributed by atoms with Crippen molar-refractivity contribution in [3.05, 3.63) is 97.7 Å². The van der Waals surface area contributed by atoms with Crippen LogP contribution < -0.4 is 5.32 Å². The van der Waals surface area contributed by atoms with Crippen molar-refractivity contribution in [2.75, 3.05) is 6.26 Å². The van der Waals surface area contributed by atoms with Crippen molar-refractivity contribution in [2.24, 2.45) is 5.92 Å². The summed E-state index contributed by atoms with van der Waals surface area (Å²) < 4.78 is 171. The molecule has 2 aromatic carbocycles. The molecule has 3 atom stereocenters. The Kier molecular flexibility index (Phi) is 11.0. The molecule has 0 unspecified atom stereocenters. The highest BCUT2D eigenvalue weighted by molar-refractivity contribution is 7.92. The van der Waals surface area contributed by atoms with Crippen LogP contribution in [0.2, 0.25) is 5.02 Å². The zero-order chi connectivity index (χ0) is 46.6. The molecule has 3 heterocycles. The SMILES string of the molecule is Cc1nn(CC(F)(F)F)c2c(-c3c([C@H](Cc4cc(F)cc(F)c4)NC(=O)Cn4nc(C(F)(F)F)c5c4C(F)(F)[C@@H]4CC[C@H]54)nc(C#CC(C)(C)S(C)(=O)=O)c4c3CCC4)ccc(Cl)c12. The van der Waals surface area contributed by atoms with Crippen molar-refractivity contribution >= 4 is 38.2 Å². The van der Waals surface area contributed by atoms with Crippen LogP contribution in [0.15, 0.2) is 30.3 Å². The summed E-state index contributed by atoms with van der Waals surface area (Å²) >= 11 is 6.59. The highest BCUT2D eigenvalue weighted by atomic mass is 35.5. The summed E-state index contributed by atoms with van der Waals surface area (Å²) in [6.07, 6.45) is -8.48. The monoisotopic (exact) mass is 942 g/mol. The molecule has 3 aliphatic rings. The number of aromatic nitrogens is 5. The van der Waals surface area contributed by atoms with E-state index in [4.69, 9.17) is 16.6 Å². The summed E-state index contributed by atoms with van der Waals surface area (Å²) in [5.41, 5.74) is -2.33. The van der Waals surface area contributed by atoms with Gasteiger partial charge in [-0.25, -0.2) is 22.2 Å². The summed E-state index contributed by atoms with van der Waals surface area (Å²) in [5, 5.41) is 10.4. The molecule has 0 bridgehead atoms. The fourth-order valence-electron chi connectivity index (χ4n) is 9.10. The number of alkyl halides is 8. The summed E-state index contributed by atoms with van der Waals surface area (Å²) in [4.78, 5) is 19.1. The molecular formula is C43H37ClF10N6O3S. The zero-order valence-corrected chi connectivity index (χ0v) is 35.9. The molecule has 3 aliphatic carbocycles. The Hall–Kier alpha value is -5.16. The molecule has 1 N–H and O–H groups in total. The number of benzene rings is 2. The highest BCUT2D eigenvalue weighted by Crippen LogP contribution is 2.64. The van der Waals surface area contributed by atoms with E-state index in [-0.39, 0.29) is 69.0 Å². The molecule has 1 fully saturated rings. The number of hydrogen-bond donors (Lipinski definition) is 1. The lowest BCUT2D eigenvalue weighted by Crippen LogP contribution is -2.36. The van der Waals surface area contributed by atoms with Crippen LogP contribution in [-0.2, 0) is 59.1 Å². The first-order valence-electron chi connectivity index (χ1n) is 20.0. The van der Waals surface area contributed by atoms with Gasteiger partial charge in [-0.1, -0.05) is 23.6 Å². The molecule has 9 nitrogen and oxygen atoms in total. The standard InChI is InChI=1S/C43H37ClF10N6O3S/c1-20-33-29(44)11-9-27(37(33)60(57-20)19-41(47,48)49)34-25-7-5-6-24(25)30(12-13-40(2,3)64(4,62)63)56-36(34)31(16-21-14-22(45)17-23(46)15-21)55-32(61)18-59-39-35(38(58-59)43(52,53)54)26-8-10-28(26)42(39,50)51/h9,11,14-15,17,26,28,31H,5-8,10,16,18-19H2,1-4H3,(H,55,61)/t26-,28+,31-/m0/s1. The van der Waals surface area contributed by atoms with Gasteiger partial charge in [0.2, 0.25) is 5.91 Å². The van der Waals surface area contributed by atoms with Crippen LogP contribution in [0.4, 0.5) is 43.9 Å². The van der Waals surface area contributed by atoms with Crippen molar-refractivity contribution in [1.82, 2.24) is 29.9 Å². The molecule has 21 heteroatoms. The molecule has 1 saturated carbocycles. The quantitative estimate of drug-likeness (QED) is 0.117. The molecular weight excluding hydrogens is 906 g/mol. The third-order valence-electron chi connectivity index (χ3n) is 12.3. The number of carbonyl (C=O) groups excluding carboxylic acids is 1. The number of amides is 1. The minimum absolute atomic E-state index is 0.00710. The first-order chi connectivity index (χ1) is 29.7. The molecule has 340 valence electrons. The van der Waals surface area contributed by atoms with Gasteiger partial charge in [0.1, 0.15) is 40.9 Å². The molecule has 64 heavy (non-hydrogen) atoms. The van der Waals surface area contributed by atoms with Gasteiger partial charge in [-0.05, 0) is 106 Å². The Labute approximate surface area is 364 Å². The molecule has 5 aromatic rings. The molecule has 8 rings (SSSR count). The van der Waals surface area contributed by atoms with E-state index in [1.807, 2.05) is 0 Å². The van der Waals surface area contributed by atoms with E-state index in [0.29, 0.717) is 39.4 Å². The maximum absolute atomic E-state index is 15.8. The number of halogens is 11. The van der Waals surface area contributed by atoms with Crippen LogP contribution in [-0.4, -0.2) is 56.0 Å². The van der Waals surface area contributed by atoms with Gasteiger partial charge in [-0.3, -0.25) is 14.2 Å². The van der Waals surface area contributed by atoms with Crippen LogP contribution in [0, 0.1) is 36.3 Å². The Morgan fingerprint density at radius 2 is 1.67 bits per heavy atom. The average Bonchev–Trinajstić information content (AvgIpc) is 3.87. The van der Waals surface area contributed by atoms with Crippen LogP contribution in [0.5, 0.6) is 0 Å². The van der Waals surface area contributed by atoms with Crippen LogP contribution in [0.3, 0.4) is 0 Å². The molecule has 3 aromatic heterocycles. The van der Waals surface area contributed by atoms with Crippen LogP contribution in [0.25, 0.3) is 22.0 Å². The Morgan fingerprint density at radius 1 is 1.00 bits per heavy atom. The topological polar surface area (TPSA) is 112 Å². The Balaban J connectivity index is 1.37. The van der Waals surface area contributed by atoms with Gasteiger partial charge in [0.05, 0.1) is 28.0 Å². The third kappa shape index (κ3) is 8.00. The molecule has 0 radical (unpaired) electrons. The second kappa shape index (κ2) is 15.5. The lowest BCUT2D eigenvalue weighted by Gasteiger charge is -2.34. The average molecular weight is 943 g/mol. The fraction of sp³-hybridized carbons (Fsp3) is 0.442. The number of rotatable bonds is 9. The number of fused-ring (bicyclic) bond motifs is 5. The summed E-state index contributed by atoms with van der Waals surface area (Å²) in [6, 6.07) is 3.70. The smallest absolute Gasteiger partial charge is 0.346 e. The zero-order valence-electron chi connectivity index (χ0n) is 34.3. The molecule has 0 saturated heterocycles. The van der Waals surface area contributed by atoms with Crippen LogP contribution >= 0.6 is 11.6 Å². The first kappa shape index (κ1) is 45.4. The Bertz CT molecular complexity index is 2930. The van der Waals surface area contributed by atoms with Gasteiger partial charge >= 0.3 is 12.4 Å². The lowest BCUT2D eigenvalue weighted by molar-refractivity contribution is -0.144. The van der Waals surface area contributed by atoms with E-state index in [1.54, 1.807) is 0 Å². The number of pyridine rings is 1. The fourth-order valence-corrected chi connectivity index (χ4v) is 9.62. The highest BCUT2D eigenvalue weighted by Gasteiger charge is 2.63. The second-order valence-electron chi connectivity index (χ2n) is 17.0. The second-order valence-corrected chi connectivity index (χ2v) is 20.0. The largest absolute Gasteiger partial charge is 0.435 e. The number of carbonyl (C=O) groups is 1. The summed E-state index contributed by atoms with van der Waals surface area (Å²) in [5.74, 6) is -4.03. The van der Waals surface area contributed by atoms with Crippen molar-refractivity contribution in [3.63, 3.8) is 0 Å². The lowest BCUT2D eigenvalue weighted by atomic mass is 9.73. The maximum atomic E-state index is 15.8. The minimum atomic E-state index is -5.15. The van der Waals surface area contributed by atoms with Crippen molar-refractivity contribution < 1.29 is 57.1 Å². The van der Waals surface area contributed by atoms with Crippen molar-refractivity contribution in [3.8, 4) is 23.0 Å². The van der Waals surface area contributed by atoms with Gasteiger partial charge in [0.15, 0.2) is 15.5 Å². The summed E-state index contributed by atoms with van der Waals surface area (Å²) in [7, 11) is -3.80. The van der Waals surface area contributed by atoms with Gasteiger partial charge < -0.3 is 5.32 Å².